The Labute approximate surface area is 193 Å². The lowest BCUT2D eigenvalue weighted by molar-refractivity contribution is -0.142. The zero-order chi connectivity index (χ0) is 24.5. The van der Waals surface area contributed by atoms with Gasteiger partial charge in [0.2, 0.25) is 11.8 Å². The Hall–Kier alpha value is -2.57. The Morgan fingerprint density at radius 2 is 1.75 bits per heavy atom. The van der Waals surface area contributed by atoms with E-state index in [1.165, 1.54) is 0 Å². The molecule has 0 bridgehead atoms. The highest BCUT2D eigenvalue weighted by Crippen LogP contribution is 2.27. The number of hydrogen-bond donors (Lipinski definition) is 2. The molecule has 0 aliphatic heterocycles. The molecule has 32 heavy (non-hydrogen) atoms. The lowest BCUT2D eigenvalue weighted by Gasteiger charge is -2.34. The van der Waals surface area contributed by atoms with Crippen LogP contribution in [-0.4, -0.2) is 47.5 Å². The summed E-state index contributed by atoms with van der Waals surface area (Å²) in [6, 6.07) is 4.30. The summed E-state index contributed by atoms with van der Waals surface area (Å²) >= 11 is 0. The largest absolute Gasteiger partial charge is 0.444 e. The van der Waals surface area contributed by atoms with Crippen LogP contribution >= 0.6 is 0 Å². The maximum absolute atomic E-state index is 13.5. The maximum atomic E-state index is 13.5. The van der Waals surface area contributed by atoms with Gasteiger partial charge in [0.25, 0.3) is 0 Å². The van der Waals surface area contributed by atoms with E-state index in [4.69, 9.17) is 4.74 Å². The van der Waals surface area contributed by atoms with Gasteiger partial charge in [0.05, 0.1) is 0 Å². The normalized spacial score (nSPS) is 13.1. The average molecular weight is 448 g/mol. The topological polar surface area (TPSA) is 87.7 Å². The molecule has 1 aromatic rings. The number of carbonyl (C=O) groups is 3. The van der Waals surface area contributed by atoms with E-state index in [0.717, 1.165) is 29.5 Å². The monoisotopic (exact) mass is 447 g/mol. The molecule has 0 spiro atoms. The van der Waals surface area contributed by atoms with Gasteiger partial charge in [0.1, 0.15) is 17.7 Å². The van der Waals surface area contributed by atoms with Gasteiger partial charge in [-0.3, -0.25) is 9.59 Å². The van der Waals surface area contributed by atoms with Crippen LogP contribution in [0.25, 0.3) is 0 Å². The third kappa shape index (κ3) is 8.52. The molecule has 1 aromatic carbocycles. The van der Waals surface area contributed by atoms with Gasteiger partial charge in [-0.2, -0.15) is 0 Å². The van der Waals surface area contributed by atoms with Crippen LogP contribution in [0.5, 0.6) is 0 Å². The van der Waals surface area contributed by atoms with Gasteiger partial charge < -0.3 is 20.3 Å². The molecule has 0 saturated carbocycles. The van der Waals surface area contributed by atoms with E-state index in [9.17, 15) is 14.4 Å². The summed E-state index contributed by atoms with van der Waals surface area (Å²) in [6.07, 6.45) is 1.84. The molecule has 2 unspecified atom stereocenters. The third-order valence-electron chi connectivity index (χ3n) is 4.97. The summed E-state index contributed by atoms with van der Waals surface area (Å²) in [7, 11) is 0. The number of hydrogen-bond acceptors (Lipinski definition) is 4. The van der Waals surface area contributed by atoms with Crippen molar-refractivity contribution in [1.82, 2.24) is 15.5 Å². The second-order valence-electron chi connectivity index (χ2n) is 9.31. The SMILES string of the molecule is CCCCNC(=O)C(c1cc(C)ccc1C)N(CCC)C(=O)C(C)NC(=O)OC(C)(C)C. The molecule has 0 radical (unpaired) electrons. The van der Waals surface area contributed by atoms with Crippen LogP contribution < -0.4 is 10.6 Å². The molecule has 3 amide bonds. The molecule has 180 valence electrons. The summed E-state index contributed by atoms with van der Waals surface area (Å²) in [5.74, 6) is -0.535. The van der Waals surface area contributed by atoms with Crippen molar-refractivity contribution in [2.45, 2.75) is 92.3 Å². The Bertz CT molecular complexity index is 786. The van der Waals surface area contributed by atoms with Crippen LogP contribution in [0.2, 0.25) is 0 Å². The number of aryl methyl sites for hydroxylation is 2. The van der Waals surface area contributed by atoms with Crippen molar-refractivity contribution in [2.24, 2.45) is 0 Å². The number of ether oxygens (including phenoxy) is 1. The fourth-order valence-corrected chi connectivity index (χ4v) is 3.39. The molecule has 0 heterocycles. The molecule has 0 aromatic heterocycles. The zero-order valence-corrected chi connectivity index (χ0v) is 21.0. The fraction of sp³-hybridized carbons (Fsp3) is 0.640. The number of benzene rings is 1. The van der Waals surface area contributed by atoms with Crippen LogP contribution in [-0.2, 0) is 14.3 Å². The van der Waals surface area contributed by atoms with Gasteiger partial charge in [-0.05, 0) is 65.5 Å². The standard InChI is InChI=1S/C25H41N3O4/c1-9-11-14-26-22(29)21(20-16-17(3)12-13-18(20)4)28(15-10-2)23(30)19(5)27-24(31)32-25(6,7)8/h12-13,16,19,21H,9-11,14-15H2,1-8H3,(H,26,29)(H,27,31). The van der Waals surface area contributed by atoms with E-state index >= 15 is 0 Å². The van der Waals surface area contributed by atoms with E-state index in [2.05, 4.69) is 17.6 Å². The first-order valence-electron chi connectivity index (χ1n) is 11.6. The number of carbonyl (C=O) groups excluding carboxylic acids is 3. The Kier molecular flexibility index (Phi) is 10.7. The fourth-order valence-electron chi connectivity index (χ4n) is 3.39. The summed E-state index contributed by atoms with van der Waals surface area (Å²) in [4.78, 5) is 40.6. The highest BCUT2D eigenvalue weighted by atomic mass is 16.6. The lowest BCUT2D eigenvalue weighted by Crippen LogP contribution is -2.52. The molecule has 1 rings (SSSR count). The molecule has 7 nitrogen and oxygen atoms in total. The second-order valence-corrected chi connectivity index (χ2v) is 9.31. The van der Waals surface area contributed by atoms with Crippen LogP contribution in [0.1, 0.15) is 83.5 Å². The molecule has 0 aliphatic rings. The summed E-state index contributed by atoms with van der Waals surface area (Å²) in [6.45, 7) is 15.8. The predicted octanol–water partition coefficient (Wildman–Crippen LogP) is 4.41. The van der Waals surface area contributed by atoms with E-state index in [0.29, 0.717) is 19.5 Å². The van der Waals surface area contributed by atoms with Crippen molar-refractivity contribution in [3.8, 4) is 0 Å². The average Bonchev–Trinajstić information content (AvgIpc) is 2.68. The number of nitrogens with one attached hydrogen (secondary N) is 2. The van der Waals surface area contributed by atoms with Gasteiger partial charge in [-0.1, -0.05) is 44.0 Å². The van der Waals surface area contributed by atoms with Gasteiger partial charge in [-0.15, -0.1) is 0 Å². The number of rotatable bonds is 10. The second kappa shape index (κ2) is 12.5. The number of amides is 3. The molecular weight excluding hydrogens is 406 g/mol. The molecule has 2 N–H and O–H groups in total. The Morgan fingerprint density at radius 1 is 1.09 bits per heavy atom. The van der Waals surface area contributed by atoms with Crippen LogP contribution in [0.3, 0.4) is 0 Å². The molecule has 2 atom stereocenters. The number of nitrogens with zero attached hydrogens (tertiary/aromatic N) is 1. The van der Waals surface area contributed by atoms with Gasteiger partial charge in [-0.25, -0.2) is 4.79 Å². The molecule has 0 saturated heterocycles. The quantitative estimate of drug-likeness (QED) is 0.520. The molecule has 7 heteroatoms. The van der Waals surface area contributed by atoms with Crippen molar-refractivity contribution in [3.05, 3.63) is 34.9 Å². The smallest absolute Gasteiger partial charge is 0.408 e. The first-order chi connectivity index (χ1) is 14.9. The first kappa shape index (κ1) is 27.5. The summed E-state index contributed by atoms with van der Waals surface area (Å²) < 4.78 is 5.29. The maximum Gasteiger partial charge on any atom is 0.408 e. The Balaban J connectivity index is 3.27. The van der Waals surface area contributed by atoms with Gasteiger partial charge in [0.15, 0.2) is 0 Å². The number of unbranched alkanes of at least 4 members (excludes halogenated alkanes) is 1. The van der Waals surface area contributed by atoms with Crippen molar-refractivity contribution in [2.75, 3.05) is 13.1 Å². The van der Waals surface area contributed by atoms with Crippen LogP contribution in [0.15, 0.2) is 18.2 Å². The van der Waals surface area contributed by atoms with E-state index in [1.54, 1.807) is 32.6 Å². The highest BCUT2D eigenvalue weighted by molar-refractivity contribution is 5.92. The minimum Gasteiger partial charge on any atom is -0.444 e. The van der Waals surface area contributed by atoms with Gasteiger partial charge in [0, 0.05) is 13.1 Å². The zero-order valence-electron chi connectivity index (χ0n) is 21.0. The van der Waals surface area contributed by atoms with Crippen LogP contribution in [0, 0.1) is 13.8 Å². The third-order valence-corrected chi connectivity index (χ3v) is 4.97. The highest BCUT2D eigenvalue weighted by Gasteiger charge is 2.34. The van der Waals surface area contributed by atoms with E-state index in [-0.39, 0.29) is 11.8 Å². The molecule has 0 fully saturated rings. The van der Waals surface area contributed by atoms with Gasteiger partial charge >= 0.3 is 6.09 Å². The van der Waals surface area contributed by atoms with Crippen molar-refractivity contribution < 1.29 is 19.1 Å². The Morgan fingerprint density at radius 3 is 2.31 bits per heavy atom. The van der Waals surface area contributed by atoms with Crippen LogP contribution in [0.4, 0.5) is 4.79 Å². The van der Waals surface area contributed by atoms with E-state index in [1.807, 2.05) is 39.0 Å². The van der Waals surface area contributed by atoms with Crippen molar-refractivity contribution in [3.63, 3.8) is 0 Å². The van der Waals surface area contributed by atoms with E-state index < -0.39 is 23.8 Å². The minimum atomic E-state index is -0.840. The van der Waals surface area contributed by atoms with Crippen molar-refractivity contribution >= 4 is 17.9 Å². The predicted molar refractivity (Wildman–Crippen MR) is 127 cm³/mol. The summed E-state index contributed by atoms with van der Waals surface area (Å²) in [5, 5.41) is 5.60. The minimum absolute atomic E-state index is 0.210. The molecular formula is C25H41N3O4. The summed E-state index contributed by atoms with van der Waals surface area (Å²) in [5.41, 5.74) is 2.08. The lowest BCUT2D eigenvalue weighted by atomic mass is 9.96. The first-order valence-corrected chi connectivity index (χ1v) is 11.6. The van der Waals surface area contributed by atoms with Crippen molar-refractivity contribution in [1.29, 1.82) is 0 Å². The molecule has 0 aliphatic carbocycles. The number of alkyl carbamates (subject to hydrolysis) is 1.